The lowest BCUT2D eigenvalue weighted by atomic mass is 9.94. The van der Waals surface area contributed by atoms with E-state index in [4.69, 9.17) is 16.3 Å². The highest BCUT2D eigenvalue weighted by Crippen LogP contribution is 2.31. The van der Waals surface area contributed by atoms with E-state index in [0.717, 1.165) is 5.39 Å². The summed E-state index contributed by atoms with van der Waals surface area (Å²) in [6.07, 6.45) is 0.369. The largest absolute Gasteiger partial charge is 0.457 e. The van der Waals surface area contributed by atoms with Gasteiger partial charge in [0.2, 0.25) is 0 Å². The van der Waals surface area contributed by atoms with Gasteiger partial charge in [-0.05, 0) is 72.5 Å². The molecule has 1 aliphatic rings. The van der Waals surface area contributed by atoms with Crippen molar-refractivity contribution in [2.45, 2.75) is 6.42 Å². The van der Waals surface area contributed by atoms with Crippen LogP contribution < -0.4 is 9.64 Å². The summed E-state index contributed by atoms with van der Waals surface area (Å²) < 4.78 is 5.91. The number of amides is 3. The molecule has 3 amide bonds. The monoisotopic (exact) mass is 560 g/mol. The minimum absolute atomic E-state index is 0.157. The van der Waals surface area contributed by atoms with Crippen molar-refractivity contribution >= 4 is 45.8 Å². The van der Waals surface area contributed by atoms with Crippen LogP contribution >= 0.6 is 11.6 Å². The first kappa shape index (κ1) is 26.3. The molecule has 0 aromatic heterocycles. The number of anilines is 1. The zero-order chi connectivity index (χ0) is 28.3. The number of imide groups is 1. The lowest BCUT2D eigenvalue weighted by Gasteiger charge is -2.29. The van der Waals surface area contributed by atoms with Crippen LogP contribution in [0.4, 0.5) is 5.69 Å². The maximum Gasteiger partial charge on any atom is 0.261 e. The van der Waals surface area contributed by atoms with Crippen molar-refractivity contribution in [3.63, 3.8) is 0 Å². The third-order valence-corrected chi connectivity index (χ3v) is 7.43. The molecule has 0 N–H and O–H groups in total. The number of nitrogens with zero attached hydrogens (tertiary/aromatic N) is 2. The minimum Gasteiger partial charge on any atom is -0.457 e. The molecule has 1 heterocycles. The molecule has 0 atom stereocenters. The predicted molar refractivity (Wildman–Crippen MR) is 160 cm³/mol. The van der Waals surface area contributed by atoms with Crippen molar-refractivity contribution in [1.29, 1.82) is 0 Å². The first-order valence-corrected chi connectivity index (χ1v) is 13.7. The van der Waals surface area contributed by atoms with Crippen molar-refractivity contribution in [3.05, 3.63) is 137 Å². The zero-order valence-corrected chi connectivity index (χ0v) is 22.8. The van der Waals surface area contributed by atoms with E-state index in [0.29, 0.717) is 50.7 Å². The molecule has 6 rings (SSSR count). The van der Waals surface area contributed by atoms with Crippen LogP contribution in [0, 0.1) is 0 Å². The van der Waals surface area contributed by atoms with Gasteiger partial charge in [0.1, 0.15) is 11.5 Å². The zero-order valence-electron chi connectivity index (χ0n) is 22.0. The number of hydrogen-bond acceptors (Lipinski definition) is 4. The van der Waals surface area contributed by atoms with Crippen LogP contribution in [-0.4, -0.2) is 35.7 Å². The highest BCUT2D eigenvalue weighted by Gasteiger charge is 2.32. The topological polar surface area (TPSA) is 66.9 Å². The van der Waals surface area contributed by atoms with Gasteiger partial charge in [-0.1, -0.05) is 66.2 Å². The summed E-state index contributed by atoms with van der Waals surface area (Å²) in [4.78, 5) is 43.3. The first-order chi connectivity index (χ1) is 20.0. The number of hydrogen-bond donors (Lipinski definition) is 0. The van der Waals surface area contributed by atoms with Crippen LogP contribution in [0.1, 0.15) is 37.5 Å². The van der Waals surface area contributed by atoms with Gasteiger partial charge in [0.05, 0.1) is 10.6 Å². The van der Waals surface area contributed by atoms with Gasteiger partial charge in [-0.25, -0.2) is 0 Å². The van der Waals surface area contributed by atoms with Crippen LogP contribution in [0.5, 0.6) is 11.5 Å². The van der Waals surface area contributed by atoms with Gasteiger partial charge in [0.25, 0.3) is 17.7 Å². The van der Waals surface area contributed by atoms with Crippen molar-refractivity contribution in [3.8, 4) is 11.5 Å². The van der Waals surface area contributed by atoms with Crippen molar-refractivity contribution in [2.24, 2.45) is 0 Å². The number of rotatable bonds is 8. The molecule has 0 bridgehead atoms. The second-order valence-corrected chi connectivity index (χ2v) is 10.1. The summed E-state index contributed by atoms with van der Waals surface area (Å²) in [6.45, 7) is 0.412. The fraction of sp³-hybridized carbons (Fsp3) is 0.0882. The number of carbonyl (C=O) groups excluding carboxylic acids is 3. The van der Waals surface area contributed by atoms with Crippen LogP contribution in [0.3, 0.4) is 0 Å². The van der Waals surface area contributed by atoms with E-state index in [2.05, 4.69) is 0 Å². The molecule has 6 nitrogen and oxygen atoms in total. The maximum atomic E-state index is 13.7. The van der Waals surface area contributed by atoms with E-state index in [9.17, 15) is 14.4 Å². The number of halogens is 1. The van der Waals surface area contributed by atoms with Crippen molar-refractivity contribution < 1.29 is 19.1 Å². The molecule has 0 unspecified atom stereocenters. The average molecular weight is 561 g/mol. The molecule has 0 spiro atoms. The molecule has 0 fully saturated rings. The summed E-state index contributed by atoms with van der Waals surface area (Å²) in [5, 5.41) is 1.89. The Kier molecular flexibility index (Phi) is 7.23. The Labute approximate surface area is 242 Å². The van der Waals surface area contributed by atoms with E-state index < -0.39 is 0 Å². The maximum absolute atomic E-state index is 13.7. The number of carbonyl (C=O) groups is 3. The summed E-state index contributed by atoms with van der Waals surface area (Å²) in [5.74, 6) is 0.398. The van der Waals surface area contributed by atoms with Gasteiger partial charge >= 0.3 is 0 Å². The number of benzene rings is 5. The molecule has 0 aliphatic carbocycles. The molecule has 0 radical (unpaired) electrons. The van der Waals surface area contributed by atoms with E-state index in [-0.39, 0.29) is 30.8 Å². The fourth-order valence-corrected chi connectivity index (χ4v) is 5.33. The molecule has 7 heteroatoms. The molecule has 1 aliphatic heterocycles. The van der Waals surface area contributed by atoms with E-state index in [1.54, 1.807) is 65.6 Å². The third kappa shape index (κ3) is 5.17. The van der Waals surface area contributed by atoms with Crippen LogP contribution in [0.25, 0.3) is 10.8 Å². The molecule has 0 saturated carbocycles. The normalized spacial score (nSPS) is 12.5. The van der Waals surface area contributed by atoms with Gasteiger partial charge in [-0.3, -0.25) is 19.3 Å². The highest BCUT2D eigenvalue weighted by atomic mass is 35.5. The SMILES string of the molecule is O=C1c2cccc3cccc(c23)C(=O)N1CCCN(C(=O)c1ccccc1Cl)c1ccc(Oc2ccccc2)cc1. The third-order valence-electron chi connectivity index (χ3n) is 7.10. The molecule has 0 saturated heterocycles. The second-order valence-electron chi connectivity index (χ2n) is 9.67. The van der Waals surface area contributed by atoms with Gasteiger partial charge in [-0.15, -0.1) is 0 Å². The molecule has 41 heavy (non-hydrogen) atoms. The first-order valence-electron chi connectivity index (χ1n) is 13.3. The number of para-hydroxylation sites is 1. The molecular weight excluding hydrogens is 536 g/mol. The Morgan fingerprint density at radius 2 is 1.32 bits per heavy atom. The Balaban J connectivity index is 1.23. The van der Waals surface area contributed by atoms with Crippen LogP contribution in [-0.2, 0) is 0 Å². The molecule has 5 aromatic rings. The van der Waals surface area contributed by atoms with Gasteiger partial charge in [0, 0.05) is 35.3 Å². The summed E-state index contributed by atoms with van der Waals surface area (Å²) in [7, 11) is 0. The smallest absolute Gasteiger partial charge is 0.261 e. The summed E-state index contributed by atoms with van der Waals surface area (Å²) in [5.41, 5.74) is 2.03. The molecule has 5 aromatic carbocycles. The van der Waals surface area contributed by atoms with Crippen molar-refractivity contribution in [2.75, 3.05) is 18.0 Å². The lowest BCUT2D eigenvalue weighted by molar-refractivity contribution is 0.0610. The van der Waals surface area contributed by atoms with Gasteiger partial charge in [0.15, 0.2) is 0 Å². The summed E-state index contributed by atoms with van der Waals surface area (Å²) in [6, 6.07) is 34.5. The minimum atomic E-state index is -0.328. The summed E-state index contributed by atoms with van der Waals surface area (Å²) >= 11 is 6.38. The Morgan fingerprint density at radius 3 is 1.98 bits per heavy atom. The Morgan fingerprint density at radius 1 is 0.707 bits per heavy atom. The Hall–Kier alpha value is -4.94. The average Bonchev–Trinajstić information content (AvgIpc) is 3.00. The quantitative estimate of drug-likeness (QED) is 0.183. The standard InChI is InChI=1S/C34H25ClN2O4/c35-30-16-5-4-13-27(30)32(38)36(24-17-19-26(20-18-24)41-25-11-2-1-3-12-25)21-8-22-37-33(39)28-14-6-9-23-10-7-15-29(31(23)28)34(37)40/h1-7,9-20H,8,21-22H2. The van der Waals surface area contributed by atoms with Crippen LogP contribution in [0.15, 0.2) is 115 Å². The van der Waals surface area contributed by atoms with Crippen LogP contribution in [0.2, 0.25) is 5.02 Å². The number of ether oxygens (including phenoxy) is 1. The second kappa shape index (κ2) is 11.3. The molecule has 202 valence electrons. The van der Waals surface area contributed by atoms with Gasteiger partial charge in [-0.2, -0.15) is 0 Å². The fourth-order valence-electron chi connectivity index (χ4n) is 5.12. The van der Waals surface area contributed by atoms with Crippen molar-refractivity contribution in [1.82, 2.24) is 4.90 Å². The highest BCUT2D eigenvalue weighted by molar-refractivity contribution is 6.34. The van der Waals surface area contributed by atoms with E-state index in [1.807, 2.05) is 54.6 Å². The Bertz CT molecular complexity index is 1720. The van der Waals surface area contributed by atoms with E-state index >= 15 is 0 Å². The lowest BCUT2D eigenvalue weighted by Crippen LogP contribution is -2.42. The predicted octanol–water partition coefficient (Wildman–Crippen LogP) is 7.62. The van der Waals surface area contributed by atoms with E-state index in [1.165, 1.54) is 4.90 Å². The van der Waals surface area contributed by atoms with Gasteiger partial charge < -0.3 is 9.64 Å². The molecular formula is C34H25ClN2O4.